The molecule has 1 aromatic heterocycles. The number of rotatable bonds is 5. The highest BCUT2D eigenvalue weighted by Gasteiger charge is 2.16. The summed E-state index contributed by atoms with van der Waals surface area (Å²) in [7, 11) is 2.13. The van der Waals surface area contributed by atoms with Crippen LogP contribution in [0.2, 0.25) is 0 Å². The van der Waals surface area contributed by atoms with E-state index >= 15 is 0 Å². The Kier molecular flexibility index (Phi) is 4.17. The number of H-pyrrole nitrogens is 1. The Balaban J connectivity index is 2.51. The molecule has 0 saturated carbocycles. The van der Waals surface area contributed by atoms with Gasteiger partial charge < -0.3 is 10.7 Å². The van der Waals surface area contributed by atoms with Crippen LogP contribution >= 0.6 is 0 Å². The summed E-state index contributed by atoms with van der Waals surface area (Å²) >= 11 is 0. The highest BCUT2D eigenvalue weighted by molar-refractivity contribution is 5.08. The molecule has 1 heterocycles. The normalized spacial score (nSPS) is 13.9. The molecule has 1 aromatic rings. The van der Waals surface area contributed by atoms with Gasteiger partial charge in [0.2, 0.25) is 0 Å². The largest absolute Gasteiger partial charge is 0.367 e. The monoisotopic (exact) mass is 195 g/mol. The van der Waals surface area contributed by atoms with Crippen LogP contribution in [-0.4, -0.2) is 29.5 Å². The lowest BCUT2D eigenvalue weighted by Gasteiger charge is -2.29. The van der Waals surface area contributed by atoms with Gasteiger partial charge in [-0.15, -0.1) is 0 Å². The van der Waals surface area contributed by atoms with Crippen LogP contribution < -0.4 is 5.73 Å². The second-order valence-corrected chi connectivity index (χ2v) is 4.18. The van der Waals surface area contributed by atoms with Gasteiger partial charge in [0.05, 0.1) is 0 Å². The predicted molar refractivity (Wildman–Crippen MR) is 59.9 cm³/mol. The summed E-state index contributed by atoms with van der Waals surface area (Å²) in [5.74, 6) is 0.601. The van der Waals surface area contributed by atoms with Crippen LogP contribution in [0.25, 0.3) is 0 Å². The van der Waals surface area contributed by atoms with E-state index < -0.39 is 0 Å². The fourth-order valence-electron chi connectivity index (χ4n) is 1.82. The summed E-state index contributed by atoms with van der Waals surface area (Å²) in [6.45, 7) is 6.11. The number of nitrogens with one attached hydrogen (secondary N) is 1. The zero-order valence-corrected chi connectivity index (χ0v) is 9.33. The molecule has 0 bridgehead atoms. The molecule has 0 aliphatic carbocycles. The first kappa shape index (κ1) is 11.3. The van der Waals surface area contributed by atoms with Crippen molar-refractivity contribution in [3.05, 3.63) is 24.0 Å². The van der Waals surface area contributed by atoms with Crippen molar-refractivity contribution in [2.75, 3.05) is 13.6 Å². The number of hydrogen-bond donors (Lipinski definition) is 2. The molecule has 3 heteroatoms. The van der Waals surface area contributed by atoms with Crippen LogP contribution in [0.4, 0.5) is 0 Å². The highest BCUT2D eigenvalue weighted by atomic mass is 15.1. The average Bonchev–Trinajstić information content (AvgIpc) is 2.57. The van der Waals surface area contributed by atoms with Crippen LogP contribution in [0, 0.1) is 5.92 Å². The van der Waals surface area contributed by atoms with Gasteiger partial charge in [0.1, 0.15) is 0 Å². The summed E-state index contributed by atoms with van der Waals surface area (Å²) < 4.78 is 0. The van der Waals surface area contributed by atoms with E-state index in [1.807, 2.05) is 12.4 Å². The molecular formula is C11H21N3. The Morgan fingerprint density at radius 1 is 1.50 bits per heavy atom. The second-order valence-electron chi connectivity index (χ2n) is 4.18. The van der Waals surface area contributed by atoms with E-state index in [-0.39, 0.29) is 0 Å². The third kappa shape index (κ3) is 2.86. The zero-order chi connectivity index (χ0) is 10.6. The van der Waals surface area contributed by atoms with Gasteiger partial charge in [0.25, 0.3) is 0 Å². The summed E-state index contributed by atoms with van der Waals surface area (Å²) in [6, 6.07) is 2.56. The first-order valence-corrected chi connectivity index (χ1v) is 5.17. The van der Waals surface area contributed by atoms with Gasteiger partial charge >= 0.3 is 0 Å². The van der Waals surface area contributed by atoms with E-state index in [1.54, 1.807) is 0 Å². The fraction of sp³-hybridized carbons (Fsp3) is 0.636. The van der Waals surface area contributed by atoms with Crippen LogP contribution in [0.3, 0.4) is 0 Å². The maximum absolute atomic E-state index is 5.75. The van der Waals surface area contributed by atoms with E-state index in [4.69, 9.17) is 5.73 Å². The zero-order valence-electron chi connectivity index (χ0n) is 9.33. The Morgan fingerprint density at radius 3 is 2.64 bits per heavy atom. The van der Waals surface area contributed by atoms with Crippen molar-refractivity contribution in [3.63, 3.8) is 0 Å². The van der Waals surface area contributed by atoms with Crippen LogP contribution in [0.5, 0.6) is 0 Å². The van der Waals surface area contributed by atoms with Gasteiger partial charge in [-0.05, 0) is 24.6 Å². The standard InChI is InChI=1S/C11H21N3/c1-9(2)11(6-12)14(3)8-10-4-5-13-7-10/h4-5,7,9,11,13H,6,8,12H2,1-3H3. The van der Waals surface area contributed by atoms with Gasteiger partial charge in [0.15, 0.2) is 0 Å². The quantitative estimate of drug-likeness (QED) is 0.746. The number of hydrogen-bond acceptors (Lipinski definition) is 2. The highest BCUT2D eigenvalue weighted by Crippen LogP contribution is 2.11. The number of aromatic amines is 1. The van der Waals surface area contributed by atoms with E-state index in [9.17, 15) is 0 Å². The third-order valence-corrected chi connectivity index (χ3v) is 2.67. The number of nitrogens with two attached hydrogens (primary N) is 1. The summed E-state index contributed by atoms with van der Waals surface area (Å²) in [6.07, 6.45) is 3.99. The molecule has 0 fully saturated rings. The minimum absolute atomic E-state index is 0.463. The summed E-state index contributed by atoms with van der Waals surface area (Å²) in [4.78, 5) is 5.38. The van der Waals surface area contributed by atoms with Crippen molar-refractivity contribution in [1.82, 2.24) is 9.88 Å². The van der Waals surface area contributed by atoms with E-state index in [1.165, 1.54) is 5.56 Å². The molecule has 3 nitrogen and oxygen atoms in total. The van der Waals surface area contributed by atoms with Gasteiger partial charge in [-0.2, -0.15) is 0 Å². The number of nitrogens with zero attached hydrogens (tertiary/aromatic N) is 1. The summed E-state index contributed by atoms with van der Waals surface area (Å²) in [5.41, 5.74) is 7.07. The van der Waals surface area contributed by atoms with Crippen molar-refractivity contribution >= 4 is 0 Å². The van der Waals surface area contributed by atoms with E-state index in [2.05, 4.69) is 36.8 Å². The third-order valence-electron chi connectivity index (χ3n) is 2.67. The van der Waals surface area contributed by atoms with Gasteiger partial charge in [-0.3, -0.25) is 4.90 Å². The number of aromatic nitrogens is 1. The lowest BCUT2D eigenvalue weighted by molar-refractivity contribution is 0.190. The van der Waals surface area contributed by atoms with Gasteiger partial charge in [-0.25, -0.2) is 0 Å². The molecule has 1 unspecified atom stereocenters. The lowest BCUT2D eigenvalue weighted by atomic mass is 10.0. The molecule has 14 heavy (non-hydrogen) atoms. The molecule has 0 radical (unpaired) electrons. The molecule has 0 aliphatic rings. The molecule has 0 aliphatic heterocycles. The van der Waals surface area contributed by atoms with E-state index in [0.717, 1.165) is 13.1 Å². The SMILES string of the molecule is CC(C)C(CN)N(C)Cc1cc[nH]c1. The molecule has 80 valence electrons. The van der Waals surface area contributed by atoms with E-state index in [0.29, 0.717) is 12.0 Å². The van der Waals surface area contributed by atoms with Crippen LogP contribution in [0.15, 0.2) is 18.5 Å². The Bertz CT molecular complexity index is 241. The average molecular weight is 195 g/mol. The minimum atomic E-state index is 0.463. The molecule has 0 aromatic carbocycles. The summed E-state index contributed by atoms with van der Waals surface area (Å²) in [5, 5.41) is 0. The first-order chi connectivity index (χ1) is 6.65. The van der Waals surface area contributed by atoms with Gasteiger partial charge in [-0.1, -0.05) is 13.8 Å². The van der Waals surface area contributed by atoms with Crippen molar-refractivity contribution in [2.45, 2.75) is 26.4 Å². The molecule has 3 N–H and O–H groups in total. The molecule has 1 atom stereocenters. The van der Waals surface area contributed by atoms with Crippen molar-refractivity contribution < 1.29 is 0 Å². The first-order valence-electron chi connectivity index (χ1n) is 5.17. The Morgan fingerprint density at radius 2 is 2.21 bits per heavy atom. The Hall–Kier alpha value is -0.800. The molecule has 0 spiro atoms. The predicted octanol–water partition coefficient (Wildman–Crippen LogP) is 1.43. The molecule has 1 rings (SSSR count). The maximum atomic E-state index is 5.75. The molecular weight excluding hydrogens is 174 g/mol. The smallest absolute Gasteiger partial charge is 0.0249 e. The second kappa shape index (κ2) is 5.17. The lowest BCUT2D eigenvalue weighted by Crippen LogP contribution is -2.41. The molecule has 0 amide bonds. The molecule has 0 saturated heterocycles. The minimum Gasteiger partial charge on any atom is -0.367 e. The van der Waals surface area contributed by atoms with Crippen LogP contribution in [-0.2, 0) is 6.54 Å². The fourth-order valence-corrected chi connectivity index (χ4v) is 1.82. The van der Waals surface area contributed by atoms with Crippen molar-refractivity contribution in [1.29, 1.82) is 0 Å². The van der Waals surface area contributed by atoms with Gasteiger partial charge in [0, 0.05) is 31.5 Å². The maximum Gasteiger partial charge on any atom is 0.0249 e. The van der Waals surface area contributed by atoms with Crippen molar-refractivity contribution in [3.8, 4) is 0 Å². The number of likely N-dealkylation sites (N-methyl/N-ethyl adjacent to an activating group) is 1. The topological polar surface area (TPSA) is 45.0 Å². The van der Waals surface area contributed by atoms with Crippen LogP contribution in [0.1, 0.15) is 19.4 Å². The van der Waals surface area contributed by atoms with Crippen molar-refractivity contribution in [2.24, 2.45) is 11.7 Å². The Labute approximate surface area is 86.3 Å².